The minimum Gasteiger partial charge on any atom is -0.0843 e. The highest BCUT2D eigenvalue weighted by molar-refractivity contribution is 5.84. The molecule has 18 heavy (non-hydrogen) atoms. The van der Waals surface area contributed by atoms with E-state index in [1.54, 1.807) is 0 Å². The zero-order valence-electron chi connectivity index (χ0n) is 11.1. The van der Waals surface area contributed by atoms with Crippen LogP contribution in [0.2, 0.25) is 0 Å². The zero-order chi connectivity index (χ0) is 12.8. The van der Waals surface area contributed by atoms with E-state index in [0.717, 1.165) is 12.3 Å². The van der Waals surface area contributed by atoms with Crippen molar-refractivity contribution in [1.82, 2.24) is 0 Å². The second-order valence-corrected chi connectivity index (χ2v) is 5.02. The van der Waals surface area contributed by atoms with E-state index in [-0.39, 0.29) is 0 Å². The molecule has 2 aromatic rings. The Bertz CT molecular complexity index is 559. The molecule has 0 aliphatic rings. The second kappa shape index (κ2) is 6.20. The largest absolute Gasteiger partial charge is 0.0843 e. The molecule has 2 rings (SSSR count). The molecule has 0 spiro atoms. The lowest BCUT2D eigenvalue weighted by Crippen LogP contribution is -1.80. The van der Waals surface area contributed by atoms with Gasteiger partial charge in [0.05, 0.1) is 0 Å². The molecule has 0 aromatic heterocycles. The van der Waals surface area contributed by atoms with Gasteiger partial charge >= 0.3 is 0 Å². The molecule has 0 atom stereocenters. The Labute approximate surface area is 110 Å². The Morgan fingerprint density at radius 1 is 0.944 bits per heavy atom. The van der Waals surface area contributed by atoms with Gasteiger partial charge in [-0.25, -0.2) is 0 Å². The van der Waals surface area contributed by atoms with Crippen molar-refractivity contribution < 1.29 is 0 Å². The number of hydrogen-bond acceptors (Lipinski definition) is 0. The van der Waals surface area contributed by atoms with E-state index in [4.69, 9.17) is 0 Å². The molecule has 0 heteroatoms. The van der Waals surface area contributed by atoms with Crippen LogP contribution in [0.15, 0.2) is 60.7 Å². The fourth-order valence-electron chi connectivity index (χ4n) is 1.91. The smallest absolute Gasteiger partial charge is 0.0178 e. The fraction of sp³-hybridized carbons (Fsp3) is 0.222. The van der Waals surface area contributed by atoms with Crippen molar-refractivity contribution in [3.63, 3.8) is 0 Å². The van der Waals surface area contributed by atoms with Crippen LogP contribution in [0.1, 0.15) is 25.8 Å². The van der Waals surface area contributed by atoms with Crippen LogP contribution in [0.3, 0.4) is 0 Å². The van der Waals surface area contributed by atoms with Crippen LogP contribution in [-0.2, 0) is 0 Å². The number of hydrogen-bond donors (Lipinski definition) is 0. The minimum absolute atomic E-state index is 0.732. The number of fused-ring (bicyclic) bond motifs is 1. The van der Waals surface area contributed by atoms with Crippen LogP contribution >= 0.6 is 0 Å². The highest BCUT2D eigenvalue weighted by Gasteiger charge is 1.92. The first kappa shape index (κ1) is 12.6. The topological polar surface area (TPSA) is 0 Å². The molecule has 92 valence electrons. The van der Waals surface area contributed by atoms with Crippen molar-refractivity contribution in [2.45, 2.75) is 20.3 Å². The third-order valence-corrected chi connectivity index (χ3v) is 2.92. The molecule has 0 nitrogen and oxygen atoms in total. The molecule has 0 amide bonds. The van der Waals surface area contributed by atoms with Crippen molar-refractivity contribution in [1.29, 1.82) is 0 Å². The Hall–Kier alpha value is -1.82. The lowest BCUT2D eigenvalue weighted by Gasteiger charge is -1.98. The molecular weight excluding hydrogens is 216 g/mol. The van der Waals surface area contributed by atoms with Crippen molar-refractivity contribution in [3.05, 3.63) is 66.3 Å². The van der Waals surface area contributed by atoms with Crippen LogP contribution in [0.5, 0.6) is 0 Å². The molecule has 0 aliphatic carbocycles. The first-order chi connectivity index (χ1) is 8.75. The van der Waals surface area contributed by atoms with Gasteiger partial charge < -0.3 is 0 Å². The lowest BCUT2D eigenvalue weighted by molar-refractivity contribution is 0.664. The summed E-state index contributed by atoms with van der Waals surface area (Å²) in [5.74, 6) is 0.732. The van der Waals surface area contributed by atoms with Gasteiger partial charge in [-0.2, -0.15) is 0 Å². The molecule has 0 heterocycles. The first-order valence-electron chi connectivity index (χ1n) is 6.58. The van der Waals surface area contributed by atoms with Gasteiger partial charge in [0.25, 0.3) is 0 Å². The third kappa shape index (κ3) is 3.59. The van der Waals surface area contributed by atoms with E-state index in [1.807, 2.05) is 0 Å². The number of rotatable bonds is 4. The summed E-state index contributed by atoms with van der Waals surface area (Å²) in [5.41, 5.74) is 1.25. The summed E-state index contributed by atoms with van der Waals surface area (Å²) in [6.07, 6.45) is 9.77. The van der Waals surface area contributed by atoms with Gasteiger partial charge in [0.1, 0.15) is 0 Å². The van der Waals surface area contributed by atoms with Gasteiger partial charge in [0.2, 0.25) is 0 Å². The maximum atomic E-state index is 2.23. The van der Waals surface area contributed by atoms with Crippen LogP contribution in [0, 0.1) is 5.92 Å². The van der Waals surface area contributed by atoms with Crippen molar-refractivity contribution in [2.24, 2.45) is 5.92 Å². The molecule has 0 aliphatic heterocycles. The average molecular weight is 236 g/mol. The van der Waals surface area contributed by atoms with Gasteiger partial charge in [-0.3, -0.25) is 0 Å². The predicted molar refractivity (Wildman–Crippen MR) is 81.6 cm³/mol. The van der Waals surface area contributed by atoms with Crippen LogP contribution in [0.25, 0.3) is 16.8 Å². The van der Waals surface area contributed by atoms with Gasteiger partial charge in [0.15, 0.2) is 0 Å². The van der Waals surface area contributed by atoms with Gasteiger partial charge in [0, 0.05) is 0 Å². The van der Waals surface area contributed by atoms with Crippen LogP contribution in [0.4, 0.5) is 0 Å². The van der Waals surface area contributed by atoms with Crippen molar-refractivity contribution in [3.8, 4) is 0 Å². The Kier molecular flexibility index (Phi) is 4.35. The van der Waals surface area contributed by atoms with Gasteiger partial charge in [-0.05, 0) is 34.7 Å². The standard InChI is InChI=1S/C18H20/c1-15(2)8-4-3-5-9-16-12-13-17-10-6-7-11-18(17)14-16/h3-7,9-15H,8H2,1-2H3/b4-3+,9-5+. The Morgan fingerprint density at radius 3 is 2.50 bits per heavy atom. The Balaban J connectivity index is 2.07. The first-order valence-corrected chi connectivity index (χ1v) is 6.58. The quantitative estimate of drug-likeness (QED) is 0.619. The molecule has 0 saturated heterocycles. The number of benzene rings is 2. The molecule has 0 radical (unpaired) electrons. The third-order valence-electron chi connectivity index (χ3n) is 2.92. The highest BCUT2D eigenvalue weighted by atomic mass is 14.0. The summed E-state index contributed by atoms with van der Waals surface area (Å²) < 4.78 is 0. The normalized spacial score (nSPS) is 12.2. The maximum Gasteiger partial charge on any atom is -0.0178 e. The molecule has 0 saturated carbocycles. The van der Waals surface area contributed by atoms with Crippen molar-refractivity contribution in [2.75, 3.05) is 0 Å². The maximum absolute atomic E-state index is 2.23. The summed E-state index contributed by atoms with van der Waals surface area (Å²) in [5, 5.41) is 2.59. The highest BCUT2D eigenvalue weighted by Crippen LogP contribution is 2.16. The lowest BCUT2D eigenvalue weighted by atomic mass is 10.1. The summed E-state index contributed by atoms with van der Waals surface area (Å²) >= 11 is 0. The molecule has 0 bridgehead atoms. The van der Waals surface area contributed by atoms with E-state index >= 15 is 0 Å². The van der Waals surface area contributed by atoms with E-state index in [2.05, 4.69) is 80.6 Å². The molecule has 0 fully saturated rings. The molecule has 0 unspecified atom stereocenters. The molecule has 2 aromatic carbocycles. The predicted octanol–water partition coefficient (Wildman–Crippen LogP) is 5.46. The van der Waals surface area contributed by atoms with Crippen LogP contribution < -0.4 is 0 Å². The van der Waals surface area contributed by atoms with Gasteiger partial charge in [-0.1, -0.05) is 74.5 Å². The number of allylic oxidation sites excluding steroid dienone is 3. The summed E-state index contributed by atoms with van der Waals surface area (Å²) in [7, 11) is 0. The van der Waals surface area contributed by atoms with E-state index in [9.17, 15) is 0 Å². The van der Waals surface area contributed by atoms with E-state index in [0.29, 0.717) is 0 Å². The summed E-state index contributed by atoms with van der Waals surface area (Å²) in [6, 6.07) is 15.0. The summed E-state index contributed by atoms with van der Waals surface area (Å²) in [4.78, 5) is 0. The molecular formula is C18H20. The zero-order valence-corrected chi connectivity index (χ0v) is 11.1. The Morgan fingerprint density at radius 2 is 1.72 bits per heavy atom. The average Bonchev–Trinajstić information content (AvgIpc) is 2.38. The minimum atomic E-state index is 0.732. The van der Waals surface area contributed by atoms with Crippen molar-refractivity contribution >= 4 is 16.8 Å². The van der Waals surface area contributed by atoms with E-state index in [1.165, 1.54) is 16.3 Å². The van der Waals surface area contributed by atoms with Crippen LogP contribution in [-0.4, -0.2) is 0 Å². The molecule has 0 N–H and O–H groups in total. The second-order valence-electron chi connectivity index (χ2n) is 5.02. The SMILES string of the molecule is CC(C)C/C=C/C=C/c1ccc2ccccc2c1. The summed E-state index contributed by atoms with van der Waals surface area (Å²) in [6.45, 7) is 4.47. The monoisotopic (exact) mass is 236 g/mol. The van der Waals surface area contributed by atoms with Gasteiger partial charge in [-0.15, -0.1) is 0 Å². The van der Waals surface area contributed by atoms with E-state index < -0.39 is 0 Å². The fourth-order valence-corrected chi connectivity index (χ4v) is 1.91.